The summed E-state index contributed by atoms with van der Waals surface area (Å²) in [5.74, 6) is -1.56. The fourth-order valence-electron chi connectivity index (χ4n) is 6.11. The van der Waals surface area contributed by atoms with Gasteiger partial charge in [0.15, 0.2) is 5.60 Å². The molecule has 55 heavy (non-hydrogen) atoms. The number of aromatic nitrogens is 3. The van der Waals surface area contributed by atoms with E-state index in [1.807, 2.05) is 18.2 Å². The first-order valence-corrected chi connectivity index (χ1v) is 17.5. The first kappa shape index (κ1) is 39.3. The molecular formula is C38H32BrF6N5O5. The second-order valence-corrected chi connectivity index (χ2v) is 14.0. The van der Waals surface area contributed by atoms with Gasteiger partial charge in [0.05, 0.1) is 29.2 Å². The van der Waals surface area contributed by atoms with Gasteiger partial charge in [-0.15, -0.1) is 0 Å². The smallest absolute Gasteiger partial charge is 0.420 e. The van der Waals surface area contributed by atoms with E-state index in [1.54, 1.807) is 37.4 Å². The number of pyridine rings is 1. The van der Waals surface area contributed by atoms with Gasteiger partial charge in [-0.3, -0.25) is 23.7 Å². The van der Waals surface area contributed by atoms with Crippen molar-refractivity contribution in [1.82, 2.24) is 24.3 Å². The number of fused-ring (bicyclic) bond motifs is 1. The standard InChI is InChI=1S/C38H32BrF6N5O5/c1-22-19-49-31(20-48(22)34(52)23-10-15-29(39)28(17-23)37(40,41)42)32(33(51)47-18-24-7-3-4-8-27(24)30-9-5-6-16-46-30)50(35(49)53)25-11-13-26(14-12-25)55-21-36(2,54)38(43,44)45/h3-17,22,54H,18-21H2,1-2H3,(H,47,51)/t22-,36+/m1/s1. The molecule has 0 aliphatic carbocycles. The number of hydrogen-bond acceptors (Lipinski definition) is 6. The Kier molecular flexibility index (Phi) is 10.7. The highest BCUT2D eigenvalue weighted by Gasteiger charge is 2.50. The van der Waals surface area contributed by atoms with E-state index in [0.29, 0.717) is 18.2 Å². The van der Waals surface area contributed by atoms with Gasteiger partial charge in [-0.2, -0.15) is 26.3 Å². The number of nitrogens with zero attached hydrogens (tertiary/aromatic N) is 4. The molecule has 6 rings (SSSR count). The van der Waals surface area contributed by atoms with Crippen LogP contribution in [0, 0.1) is 0 Å². The van der Waals surface area contributed by atoms with Crippen molar-refractivity contribution in [3.8, 4) is 22.7 Å². The Bertz CT molecular complexity index is 2290. The monoisotopic (exact) mass is 831 g/mol. The van der Waals surface area contributed by atoms with E-state index >= 15 is 0 Å². The molecule has 5 aromatic rings. The molecule has 17 heteroatoms. The van der Waals surface area contributed by atoms with Crippen LogP contribution in [0.4, 0.5) is 26.3 Å². The molecule has 0 saturated carbocycles. The van der Waals surface area contributed by atoms with Crippen LogP contribution >= 0.6 is 15.9 Å². The molecular weight excluding hydrogens is 800 g/mol. The number of carbonyl (C=O) groups excluding carboxylic acids is 2. The van der Waals surface area contributed by atoms with Gasteiger partial charge in [-0.05, 0) is 74.0 Å². The van der Waals surface area contributed by atoms with Crippen LogP contribution in [-0.2, 0) is 25.8 Å². The van der Waals surface area contributed by atoms with Gasteiger partial charge in [0, 0.05) is 40.9 Å². The summed E-state index contributed by atoms with van der Waals surface area (Å²) in [5, 5.41) is 12.6. The van der Waals surface area contributed by atoms with E-state index in [0.717, 1.165) is 22.3 Å². The lowest BCUT2D eigenvalue weighted by molar-refractivity contribution is -0.260. The first-order valence-electron chi connectivity index (χ1n) is 16.7. The third kappa shape index (κ3) is 8.03. The van der Waals surface area contributed by atoms with E-state index in [4.69, 9.17) is 4.74 Å². The molecule has 2 atom stereocenters. The summed E-state index contributed by atoms with van der Waals surface area (Å²) >= 11 is 2.88. The number of benzene rings is 3. The van der Waals surface area contributed by atoms with E-state index in [9.17, 15) is 45.8 Å². The molecule has 0 fully saturated rings. The van der Waals surface area contributed by atoms with E-state index in [1.165, 1.54) is 39.8 Å². The predicted molar refractivity (Wildman–Crippen MR) is 192 cm³/mol. The summed E-state index contributed by atoms with van der Waals surface area (Å²) in [5.41, 5.74) is -3.01. The van der Waals surface area contributed by atoms with E-state index in [2.05, 4.69) is 26.2 Å². The van der Waals surface area contributed by atoms with Gasteiger partial charge in [-0.1, -0.05) is 46.3 Å². The zero-order valence-corrected chi connectivity index (χ0v) is 30.7. The quantitative estimate of drug-likeness (QED) is 0.153. The lowest BCUT2D eigenvalue weighted by Crippen LogP contribution is -2.47. The third-order valence-corrected chi connectivity index (χ3v) is 9.85. The van der Waals surface area contributed by atoms with Crippen molar-refractivity contribution in [2.24, 2.45) is 0 Å². The zero-order valence-electron chi connectivity index (χ0n) is 29.1. The average molecular weight is 833 g/mol. The van der Waals surface area contributed by atoms with Crippen molar-refractivity contribution in [2.45, 2.75) is 57.5 Å². The van der Waals surface area contributed by atoms with Crippen LogP contribution in [0.15, 0.2) is 100 Å². The van der Waals surface area contributed by atoms with Gasteiger partial charge < -0.3 is 20.1 Å². The van der Waals surface area contributed by atoms with Crippen LogP contribution in [0.5, 0.6) is 5.75 Å². The van der Waals surface area contributed by atoms with Crippen LogP contribution in [-0.4, -0.2) is 60.4 Å². The molecule has 3 aromatic carbocycles. The number of aliphatic hydroxyl groups is 1. The van der Waals surface area contributed by atoms with Gasteiger partial charge >= 0.3 is 18.0 Å². The molecule has 0 saturated heterocycles. The molecule has 0 spiro atoms. The number of nitrogens with one attached hydrogen (secondary N) is 1. The topological polar surface area (TPSA) is 119 Å². The second kappa shape index (κ2) is 15.0. The van der Waals surface area contributed by atoms with Gasteiger partial charge in [0.25, 0.3) is 11.8 Å². The lowest BCUT2D eigenvalue weighted by atomic mass is 10.0. The summed E-state index contributed by atoms with van der Waals surface area (Å²) in [6, 6.07) is 20.2. The van der Waals surface area contributed by atoms with E-state index in [-0.39, 0.29) is 52.5 Å². The van der Waals surface area contributed by atoms with Gasteiger partial charge in [0.1, 0.15) is 18.1 Å². The SMILES string of the molecule is C[C@@H]1Cn2c(c(C(=O)NCc3ccccc3-c3ccccn3)n(-c3ccc(OC[C@](C)(O)C(F)(F)F)cc3)c2=O)CN1C(=O)c1ccc(Br)c(C(F)(F)F)c1. The number of rotatable bonds is 9. The molecule has 288 valence electrons. The molecule has 2 N–H and O–H groups in total. The zero-order chi connectivity index (χ0) is 39.9. The fourth-order valence-corrected chi connectivity index (χ4v) is 6.58. The number of ether oxygens (including phenoxy) is 1. The number of alkyl halides is 6. The van der Waals surface area contributed by atoms with Crippen molar-refractivity contribution in [2.75, 3.05) is 6.61 Å². The molecule has 0 unspecified atom stereocenters. The van der Waals surface area contributed by atoms with Gasteiger partial charge in [-0.25, -0.2) is 4.79 Å². The normalized spacial score (nSPS) is 15.6. The van der Waals surface area contributed by atoms with Crippen molar-refractivity contribution in [3.63, 3.8) is 0 Å². The number of halogens is 7. The maximum Gasteiger partial charge on any atom is 0.420 e. The van der Waals surface area contributed by atoms with Crippen LogP contribution in [0.3, 0.4) is 0 Å². The van der Waals surface area contributed by atoms with Crippen molar-refractivity contribution >= 4 is 27.7 Å². The Morgan fingerprint density at radius 1 is 0.982 bits per heavy atom. The predicted octanol–water partition coefficient (Wildman–Crippen LogP) is 7.15. The molecule has 1 aliphatic rings. The molecule has 3 heterocycles. The Morgan fingerprint density at radius 3 is 2.33 bits per heavy atom. The molecule has 10 nitrogen and oxygen atoms in total. The minimum Gasteiger partial charge on any atom is -0.490 e. The Hall–Kier alpha value is -5.42. The molecule has 2 amide bonds. The maximum atomic E-state index is 14.2. The number of amides is 2. The average Bonchev–Trinajstić information content (AvgIpc) is 3.43. The molecule has 2 aromatic heterocycles. The minimum atomic E-state index is -4.96. The summed E-state index contributed by atoms with van der Waals surface area (Å²) in [6.07, 6.45) is -8.09. The maximum absolute atomic E-state index is 14.2. The summed E-state index contributed by atoms with van der Waals surface area (Å²) in [4.78, 5) is 47.8. The fraction of sp³-hybridized carbons (Fsp3) is 0.263. The number of imidazole rings is 1. The highest BCUT2D eigenvalue weighted by atomic mass is 79.9. The first-order chi connectivity index (χ1) is 25.9. The summed E-state index contributed by atoms with van der Waals surface area (Å²) in [7, 11) is 0. The highest BCUT2D eigenvalue weighted by Crippen LogP contribution is 2.36. The Balaban J connectivity index is 1.38. The Morgan fingerprint density at radius 2 is 1.67 bits per heavy atom. The summed E-state index contributed by atoms with van der Waals surface area (Å²) < 4.78 is 88.1. The van der Waals surface area contributed by atoms with Crippen LogP contribution in [0.2, 0.25) is 0 Å². The number of hydrogen-bond donors (Lipinski definition) is 2. The molecule has 0 radical (unpaired) electrons. The van der Waals surface area contributed by atoms with Crippen LogP contribution in [0.25, 0.3) is 16.9 Å². The molecule has 1 aliphatic heterocycles. The second-order valence-electron chi connectivity index (χ2n) is 13.1. The van der Waals surface area contributed by atoms with Gasteiger partial charge in [0.2, 0.25) is 0 Å². The van der Waals surface area contributed by atoms with Crippen LogP contribution < -0.4 is 15.7 Å². The Labute approximate surface area is 318 Å². The minimum absolute atomic E-state index is 0.0194. The number of carbonyl (C=O) groups is 2. The molecule has 0 bridgehead atoms. The third-order valence-electron chi connectivity index (χ3n) is 9.16. The van der Waals surface area contributed by atoms with Crippen molar-refractivity contribution in [1.29, 1.82) is 0 Å². The summed E-state index contributed by atoms with van der Waals surface area (Å²) in [6.45, 7) is 0.591. The van der Waals surface area contributed by atoms with E-state index < -0.39 is 53.7 Å². The van der Waals surface area contributed by atoms with Crippen LogP contribution in [0.1, 0.15) is 51.5 Å². The largest absolute Gasteiger partial charge is 0.490 e. The lowest BCUT2D eigenvalue weighted by Gasteiger charge is -2.34. The van der Waals surface area contributed by atoms with Crippen molar-refractivity contribution < 1.29 is 45.8 Å². The van der Waals surface area contributed by atoms with Crippen molar-refractivity contribution in [3.05, 3.63) is 134 Å². The highest BCUT2D eigenvalue weighted by molar-refractivity contribution is 9.10.